The number of amides is 3. The van der Waals surface area contributed by atoms with Crippen LogP contribution in [0.3, 0.4) is 0 Å². The van der Waals surface area contributed by atoms with Gasteiger partial charge in [0.25, 0.3) is 11.8 Å². The molecular formula is C29H27N3O4. The van der Waals surface area contributed by atoms with Crippen molar-refractivity contribution in [3.63, 3.8) is 0 Å². The zero-order chi connectivity index (χ0) is 25.5. The molecule has 0 heterocycles. The second kappa shape index (κ2) is 11.3. The topological polar surface area (TPSA) is 122 Å². The number of benzene rings is 4. The first-order chi connectivity index (χ1) is 17.4. The first-order valence-corrected chi connectivity index (χ1v) is 11.6. The van der Waals surface area contributed by atoms with Crippen LogP contribution in [-0.4, -0.2) is 35.0 Å². The molecule has 3 amide bonds. The van der Waals surface area contributed by atoms with Crippen molar-refractivity contribution in [1.82, 2.24) is 10.6 Å². The smallest absolute Gasteiger partial charge is 0.252 e. The van der Waals surface area contributed by atoms with E-state index in [9.17, 15) is 19.5 Å². The van der Waals surface area contributed by atoms with E-state index < -0.39 is 35.9 Å². The molecule has 4 rings (SSSR count). The third-order valence-electron chi connectivity index (χ3n) is 5.98. The minimum atomic E-state index is -1.67. The second-order valence-corrected chi connectivity index (χ2v) is 8.52. The van der Waals surface area contributed by atoms with E-state index in [4.69, 9.17) is 5.73 Å². The van der Waals surface area contributed by atoms with E-state index in [0.717, 1.165) is 16.3 Å². The van der Waals surface area contributed by atoms with Crippen molar-refractivity contribution in [2.24, 2.45) is 5.73 Å². The van der Waals surface area contributed by atoms with Crippen LogP contribution in [-0.2, 0) is 16.0 Å². The van der Waals surface area contributed by atoms with Crippen LogP contribution < -0.4 is 16.4 Å². The van der Waals surface area contributed by atoms with Gasteiger partial charge in [0.15, 0.2) is 6.10 Å². The standard InChI is InChI=1S/C29H27N3O4/c30-27(34)24(18-19-15-16-20-9-7-8-14-23(20)17-19)31-29(36)26(33)25(21-10-3-1-4-11-21)32-28(35)22-12-5-2-6-13-22/h1-17,24-26,33H,18H2,(H2,30,34)(H,31,36)(H,32,35)/t24-,25+,26-/m1/s1. The van der Waals surface area contributed by atoms with Crippen molar-refractivity contribution in [1.29, 1.82) is 0 Å². The fourth-order valence-electron chi connectivity index (χ4n) is 4.05. The molecule has 4 aromatic carbocycles. The van der Waals surface area contributed by atoms with Crippen LogP contribution in [0, 0.1) is 0 Å². The average molecular weight is 482 g/mol. The molecule has 0 radical (unpaired) electrons. The fourth-order valence-corrected chi connectivity index (χ4v) is 4.05. The molecule has 0 aliphatic carbocycles. The molecule has 182 valence electrons. The van der Waals surface area contributed by atoms with Gasteiger partial charge in [0, 0.05) is 12.0 Å². The van der Waals surface area contributed by atoms with E-state index in [1.807, 2.05) is 42.5 Å². The summed E-state index contributed by atoms with van der Waals surface area (Å²) in [5.74, 6) is -1.99. The van der Waals surface area contributed by atoms with Gasteiger partial charge in [-0.25, -0.2) is 0 Å². The summed E-state index contributed by atoms with van der Waals surface area (Å²) in [5, 5.41) is 18.3. The molecule has 5 N–H and O–H groups in total. The molecular weight excluding hydrogens is 454 g/mol. The predicted molar refractivity (Wildman–Crippen MR) is 138 cm³/mol. The largest absolute Gasteiger partial charge is 0.381 e. The monoisotopic (exact) mass is 481 g/mol. The number of fused-ring (bicyclic) bond motifs is 1. The molecule has 0 aromatic heterocycles. The van der Waals surface area contributed by atoms with Crippen molar-refractivity contribution < 1.29 is 19.5 Å². The van der Waals surface area contributed by atoms with Gasteiger partial charge in [0.2, 0.25) is 5.91 Å². The Morgan fingerprint density at radius 1 is 0.750 bits per heavy atom. The molecule has 36 heavy (non-hydrogen) atoms. The summed E-state index contributed by atoms with van der Waals surface area (Å²) in [6.07, 6.45) is -1.51. The lowest BCUT2D eigenvalue weighted by Gasteiger charge is -2.26. The Kier molecular flexibility index (Phi) is 7.72. The van der Waals surface area contributed by atoms with E-state index in [1.165, 1.54) is 0 Å². The molecule has 0 bridgehead atoms. The number of hydrogen-bond acceptors (Lipinski definition) is 4. The molecule has 0 aliphatic rings. The van der Waals surface area contributed by atoms with Crippen LogP contribution >= 0.6 is 0 Å². The number of nitrogens with two attached hydrogens (primary N) is 1. The summed E-state index contributed by atoms with van der Waals surface area (Å²) >= 11 is 0. The lowest BCUT2D eigenvalue weighted by molar-refractivity contribution is -0.134. The highest BCUT2D eigenvalue weighted by atomic mass is 16.3. The number of carbonyl (C=O) groups excluding carboxylic acids is 3. The van der Waals surface area contributed by atoms with E-state index in [1.54, 1.807) is 60.7 Å². The lowest BCUT2D eigenvalue weighted by Crippen LogP contribution is -2.52. The van der Waals surface area contributed by atoms with Gasteiger partial charge in [0.1, 0.15) is 6.04 Å². The van der Waals surface area contributed by atoms with Gasteiger partial charge in [-0.3, -0.25) is 14.4 Å². The number of aliphatic hydroxyl groups is 1. The summed E-state index contributed by atoms with van der Waals surface area (Å²) in [5.41, 5.74) is 7.32. The van der Waals surface area contributed by atoms with Gasteiger partial charge < -0.3 is 21.5 Å². The number of rotatable bonds is 9. The summed E-state index contributed by atoms with van der Waals surface area (Å²) in [7, 11) is 0. The maximum absolute atomic E-state index is 13.1. The van der Waals surface area contributed by atoms with Crippen LogP contribution in [0.4, 0.5) is 0 Å². The molecule has 0 spiro atoms. The van der Waals surface area contributed by atoms with Crippen LogP contribution in [0.15, 0.2) is 103 Å². The molecule has 3 atom stereocenters. The zero-order valence-corrected chi connectivity index (χ0v) is 19.5. The molecule has 0 saturated carbocycles. The Balaban J connectivity index is 1.52. The van der Waals surface area contributed by atoms with E-state index in [2.05, 4.69) is 10.6 Å². The van der Waals surface area contributed by atoms with E-state index in [-0.39, 0.29) is 6.42 Å². The SMILES string of the molecule is NC(=O)[C@@H](Cc1ccc2ccccc2c1)NC(=O)[C@H](O)[C@@H](NC(=O)c1ccccc1)c1ccccc1. The van der Waals surface area contributed by atoms with Crippen molar-refractivity contribution in [2.75, 3.05) is 0 Å². The number of carbonyl (C=O) groups is 3. The van der Waals surface area contributed by atoms with Crippen LogP contribution in [0.5, 0.6) is 0 Å². The quantitative estimate of drug-likeness (QED) is 0.294. The predicted octanol–water partition coefficient (Wildman–Crippen LogP) is 2.88. The summed E-state index contributed by atoms with van der Waals surface area (Å²) in [6, 6.07) is 28.6. The van der Waals surface area contributed by atoms with Gasteiger partial charge in [-0.15, -0.1) is 0 Å². The molecule has 0 saturated heterocycles. The maximum atomic E-state index is 13.1. The van der Waals surface area contributed by atoms with Crippen molar-refractivity contribution in [2.45, 2.75) is 24.6 Å². The van der Waals surface area contributed by atoms with Gasteiger partial charge >= 0.3 is 0 Å². The molecule has 7 heteroatoms. The average Bonchev–Trinajstić information content (AvgIpc) is 2.91. The minimum absolute atomic E-state index is 0.158. The van der Waals surface area contributed by atoms with Gasteiger partial charge in [-0.2, -0.15) is 0 Å². The third-order valence-corrected chi connectivity index (χ3v) is 5.98. The first-order valence-electron chi connectivity index (χ1n) is 11.6. The number of aliphatic hydroxyl groups excluding tert-OH is 1. The Morgan fingerprint density at radius 2 is 1.36 bits per heavy atom. The number of primary amides is 1. The second-order valence-electron chi connectivity index (χ2n) is 8.52. The van der Waals surface area contributed by atoms with Crippen LogP contribution in [0.2, 0.25) is 0 Å². The van der Waals surface area contributed by atoms with Gasteiger partial charge in [-0.05, 0) is 34.0 Å². The molecule has 0 unspecified atom stereocenters. The molecule has 0 aliphatic heterocycles. The number of nitrogens with one attached hydrogen (secondary N) is 2. The van der Waals surface area contributed by atoms with Crippen molar-refractivity contribution >= 4 is 28.5 Å². The summed E-state index contributed by atoms with van der Waals surface area (Å²) < 4.78 is 0. The Hall–Kier alpha value is -4.49. The van der Waals surface area contributed by atoms with Crippen molar-refractivity contribution in [3.8, 4) is 0 Å². The Labute approximate surface area is 209 Å². The highest BCUT2D eigenvalue weighted by Gasteiger charge is 2.31. The van der Waals surface area contributed by atoms with Gasteiger partial charge in [-0.1, -0.05) is 91.0 Å². The highest BCUT2D eigenvalue weighted by Crippen LogP contribution is 2.20. The van der Waals surface area contributed by atoms with E-state index in [0.29, 0.717) is 11.1 Å². The van der Waals surface area contributed by atoms with Crippen molar-refractivity contribution in [3.05, 3.63) is 120 Å². The summed E-state index contributed by atoms with van der Waals surface area (Å²) in [6.45, 7) is 0. The molecule has 4 aromatic rings. The molecule has 7 nitrogen and oxygen atoms in total. The Morgan fingerprint density at radius 3 is 2.03 bits per heavy atom. The van der Waals surface area contributed by atoms with Gasteiger partial charge in [0.05, 0.1) is 6.04 Å². The Bertz CT molecular complexity index is 1360. The molecule has 0 fully saturated rings. The normalized spacial score (nSPS) is 13.4. The highest BCUT2D eigenvalue weighted by molar-refractivity contribution is 5.95. The zero-order valence-electron chi connectivity index (χ0n) is 19.5. The summed E-state index contributed by atoms with van der Waals surface area (Å²) in [4.78, 5) is 38.1. The van der Waals surface area contributed by atoms with Crippen LogP contribution in [0.25, 0.3) is 10.8 Å². The fraction of sp³-hybridized carbons (Fsp3) is 0.138. The van der Waals surface area contributed by atoms with Crippen LogP contribution in [0.1, 0.15) is 27.5 Å². The van der Waals surface area contributed by atoms with E-state index >= 15 is 0 Å². The number of hydrogen-bond donors (Lipinski definition) is 4. The third kappa shape index (κ3) is 5.95. The first kappa shape index (κ1) is 24.6. The maximum Gasteiger partial charge on any atom is 0.252 e. The lowest BCUT2D eigenvalue weighted by atomic mass is 9.98. The minimum Gasteiger partial charge on any atom is -0.381 e.